The van der Waals surface area contributed by atoms with Gasteiger partial charge in [0.25, 0.3) is 0 Å². The molecule has 0 saturated carbocycles. The molecule has 0 radical (unpaired) electrons. The number of hydrogen-bond donors (Lipinski definition) is 1. The Bertz CT molecular complexity index is 425. The number of hydrogen-bond acceptors (Lipinski definition) is 4. The summed E-state index contributed by atoms with van der Waals surface area (Å²) < 4.78 is 0.942. The molecule has 1 aromatic rings. The number of likely N-dealkylation sites (tertiary alicyclic amines) is 1. The van der Waals surface area contributed by atoms with Gasteiger partial charge in [-0.3, -0.25) is 4.90 Å². The van der Waals surface area contributed by atoms with E-state index in [4.69, 9.17) is 5.73 Å². The highest BCUT2D eigenvalue weighted by atomic mass is 79.9. The number of nitrogens with zero attached hydrogens (tertiary/aromatic N) is 3. The van der Waals surface area contributed by atoms with E-state index in [1.54, 1.807) is 0 Å². The third-order valence-electron chi connectivity index (χ3n) is 3.93. The van der Waals surface area contributed by atoms with Gasteiger partial charge in [0.2, 0.25) is 0 Å². The highest BCUT2D eigenvalue weighted by Crippen LogP contribution is 2.29. The molecule has 2 aliphatic heterocycles. The SMILES string of the molecule is Nc1cc(Br)cnc1N1CC(N2CCCCC2)C1. The van der Waals surface area contributed by atoms with Crippen LogP contribution in [0.1, 0.15) is 19.3 Å². The summed E-state index contributed by atoms with van der Waals surface area (Å²) in [6.45, 7) is 4.67. The lowest BCUT2D eigenvalue weighted by atomic mass is 10.0. The van der Waals surface area contributed by atoms with Crippen LogP contribution < -0.4 is 10.6 Å². The Hall–Kier alpha value is -0.810. The standard InChI is InChI=1S/C13H19BrN4/c14-10-6-12(15)13(16-7-10)18-8-11(9-18)17-4-2-1-3-5-17/h6-7,11H,1-5,8-9,15H2. The molecule has 4 nitrogen and oxygen atoms in total. The van der Waals surface area contributed by atoms with Crippen molar-refractivity contribution in [2.24, 2.45) is 0 Å². The van der Waals surface area contributed by atoms with Crippen molar-refractivity contribution in [2.45, 2.75) is 25.3 Å². The van der Waals surface area contributed by atoms with Crippen molar-refractivity contribution in [1.82, 2.24) is 9.88 Å². The van der Waals surface area contributed by atoms with E-state index >= 15 is 0 Å². The summed E-state index contributed by atoms with van der Waals surface area (Å²) >= 11 is 3.39. The Balaban J connectivity index is 1.61. The smallest absolute Gasteiger partial charge is 0.151 e. The van der Waals surface area contributed by atoms with E-state index in [9.17, 15) is 0 Å². The van der Waals surface area contributed by atoms with Gasteiger partial charge >= 0.3 is 0 Å². The van der Waals surface area contributed by atoms with Crippen molar-refractivity contribution in [1.29, 1.82) is 0 Å². The second-order valence-electron chi connectivity index (χ2n) is 5.22. The fourth-order valence-corrected chi connectivity index (χ4v) is 3.20. The van der Waals surface area contributed by atoms with E-state index < -0.39 is 0 Å². The summed E-state index contributed by atoms with van der Waals surface area (Å²) in [7, 11) is 0. The third-order valence-corrected chi connectivity index (χ3v) is 4.36. The summed E-state index contributed by atoms with van der Waals surface area (Å²) in [6, 6.07) is 2.63. The second kappa shape index (κ2) is 5.05. The molecule has 1 aromatic heterocycles. The summed E-state index contributed by atoms with van der Waals surface area (Å²) in [5.41, 5.74) is 6.77. The van der Waals surface area contributed by atoms with Crippen molar-refractivity contribution >= 4 is 27.4 Å². The minimum atomic E-state index is 0.704. The highest BCUT2D eigenvalue weighted by molar-refractivity contribution is 9.10. The minimum absolute atomic E-state index is 0.704. The van der Waals surface area contributed by atoms with Crippen molar-refractivity contribution in [2.75, 3.05) is 36.8 Å². The second-order valence-corrected chi connectivity index (χ2v) is 6.14. The highest BCUT2D eigenvalue weighted by Gasteiger charge is 2.33. The van der Waals surface area contributed by atoms with Gasteiger partial charge in [0.15, 0.2) is 5.82 Å². The number of aromatic nitrogens is 1. The third kappa shape index (κ3) is 2.34. The van der Waals surface area contributed by atoms with E-state index in [-0.39, 0.29) is 0 Å². The Morgan fingerprint density at radius 2 is 1.94 bits per heavy atom. The molecule has 0 unspecified atom stereocenters. The molecule has 3 rings (SSSR count). The van der Waals surface area contributed by atoms with Crippen LogP contribution in [0.4, 0.5) is 11.5 Å². The van der Waals surface area contributed by atoms with Crippen LogP contribution in [0.3, 0.4) is 0 Å². The number of anilines is 2. The number of pyridine rings is 1. The predicted molar refractivity (Wildman–Crippen MR) is 77.8 cm³/mol. The zero-order valence-electron chi connectivity index (χ0n) is 10.5. The van der Waals surface area contributed by atoms with Crippen LogP contribution in [0.15, 0.2) is 16.7 Å². The predicted octanol–water partition coefficient (Wildman–Crippen LogP) is 2.10. The van der Waals surface area contributed by atoms with E-state index in [0.29, 0.717) is 6.04 Å². The monoisotopic (exact) mass is 310 g/mol. The van der Waals surface area contributed by atoms with Gasteiger partial charge in [-0.1, -0.05) is 6.42 Å². The van der Waals surface area contributed by atoms with Gasteiger partial charge in [0.05, 0.1) is 5.69 Å². The number of piperidine rings is 1. The zero-order chi connectivity index (χ0) is 12.5. The van der Waals surface area contributed by atoms with Gasteiger partial charge in [-0.05, 0) is 47.9 Å². The Morgan fingerprint density at radius 3 is 2.61 bits per heavy atom. The summed E-state index contributed by atoms with van der Waals surface area (Å²) in [5.74, 6) is 0.937. The maximum absolute atomic E-state index is 6.01. The van der Waals surface area contributed by atoms with Crippen molar-refractivity contribution < 1.29 is 0 Å². The lowest BCUT2D eigenvalue weighted by molar-refractivity contribution is 0.138. The lowest BCUT2D eigenvalue weighted by Gasteiger charge is -2.47. The molecule has 0 bridgehead atoms. The maximum atomic E-state index is 6.01. The van der Waals surface area contributed by atoms with Crippen LogP contribution >= 0.6 is 15.9 Å². The molecule has 2 aliphatic rings. The normalized spacial score (nSPS) is 21.9. The van der Waals surface area contributed by atoms with Crippen molar-refractivity contribution in [3.05, 3.63) is 16.7 Å². The molecule has 2 saturated heterocycles. The molecule has 0 amide bonds. The molecular formula is C13H19BrN4. The quantitative estimate of drug-likeness (QED) is 0.908. The molecule has 0 aliphatic carbocycles. The van der Waals surface area contributed by atoms with Gasteiger partial charge in [-0.25, -0.2) is 4.98 Å². The molecule has 18 heavy (non-hydrogen) atoms. The molecule has 98 valence electrons. The summed E-state index contributed by atoms with van der Waals surface area (Å²) in [5, 5.41) is 0. The Labute approximate surface area is 116 Å². The van der Waals surface area contributed by atoms with Crippen LogP contribution in [0.25, 0.3) is 0 Å². The van der Waals surface area contributed by atoms with Gasteiger partial charge in [0, 0.05) is 29.8 Å². The lowest BCUT2D eigenvalue weighted by Crippen LogP contribution is -2.60. The zero-order valence-corrected chi connectivity index (χ0v) is 12.1. The van der Waals surface area contributed by atoms with Crippen molar-refractivity contribution in [3.63, 3.8) is 0 Å². The average molecular weight is 311 g/mol. The molecule has 2 fully saturated rings. The van der Waals surface area contributed by atoms with Crippen LogP contribution in [0.2, 0.25) is 0 Å². The Kier molecular flexibility index (Phi) is 3.43. The Morgan fingerprint density at radius 1 is 1.22 bits per heavy atom. The minimum Gasteiger partial charge on any atom is -0.396 e. The van der Waals surface area contributed by atoms with Gasteiger partial charge in [-0.2, -0.15) is 0 Å². The first kappa shape index (κ1) is 12.2. The number of nitrogen functional groups attached to an aromatic ring is 1. The number of rotatable bonds is 2. The molecule has 0 spiro atoms. The molecule has 5 heteroatoms. The molecule has 3 heterocycles. The van der Waals surface area contributed by atoms with E-state index in [1.807, 2.05) is 12.3 Å². The molecular weight excluding hydrogens is 292 g/mol. The number of halogens is 1. The van der Waals surface area contributed by atoms with Crippen LogP contribution in [-0.2, 0) is 0 Å². The summed E-state index contributed by atoms with van der Waals surface area (Å²) in [6.07, 6.45) is 5.93. The van der Waals surface area contributed by atoms with Crippen LogP contribution in [0, 0.1) is 0 Å². The fourth-order valence-electron chi connectivity index (χ4n) is 2.85. The van der Waals surface area contributed by atoms with E-state index in [0.717, 1.165) is 29.1 Å². The van der Waals surface area contributed by atoms with Gasteiger partial charge in [0.1, 0.15) is 0 Å². The van der Waals surface area contributed by atoms with Crippen LogP contribution in [0.5, 0.6) is 0 Å². The van der Waals surface area contributed by atoms with Gasteiger partial charge in [-0.15, -0.1) is 0 Å². The van der Waals surface area contributed by atoms with E-state index in [2.05, 4.69) is 30.7 Å². The van der Waals surface area contributed by atoms with E-state index in [1.165, 1.54) is 32.4 Å². The fraction of sp³-hybridized carbons (Fsp3) is 0.615. The largest absolute Gasteiger partial charge is 0.396 e. The first-order valence-corrected chi connectivity index (χ1v) is 7.43. The van der Waals surface area contributed by atoms with Crippen molar-refractivity contribution in [3.8, 4) is 0 Å². The molecule has 0 aromatic carbocycles. The maximum Gasteiger partial charge on any atom is 0.151 e. The molecule has 2 N–H and O–H groups in total. The topological polar surface area (TPSA) is 45.4 Å². The first-order chi connectivity index (χ1) is 8.74. The first-order valence-electron chi connectivity index (χ1n) is 6.64. The van der Waals surface area contributed by atoms with Gasteiger partial charge < -0.3 is 10.6 Å². The number of nitrogens with two attached hydrogens (primary N) is 1. The molecule has 0 atom stereocenters. The average Bonchev–Trinajstić information content (AvgIpc) is 2.31. The van der Waals surface area contributed by atoms with Crippen LogP contribution in [-0.4, -0.2) is 42.1 Å². The summed E-state index contributed by atoms with van der Waals surface area (Å²) in [4.78, 5) is 9.31.